The predicted octanol–water partition coefficient (Wildman–Crippen LogP) is 3.22. The number of nitrogens with zero attached hydrogens (tertiary/aromatic N) is 2. The van der Waals surface area contributed by atoms with E-state index in [2.05, 4.69) is 29.4 Å². The van der Waals surface area contributed by atoms with E-state index in [1.165, 1.54) is 0 Å². The number of aromatic nitrogens is 2. The molecule has 1 unspecified atom stereocenters. The second kappa shape index (κ2) is 11.6. The van der Waals surface area contributed by atoms with Gasteiger partial charge in [-0.05, 0) is 44.0 Å². The van der Waals surface area contributed by atoms with Crippen LogP contribution < -0.4 is 10.1 Å². The monoisotopic (exact) mass is 425 g/mol. The Morgan fingerprint density at radius 3 is 2.71 bits per heavy atom. The van der Waals surface area contributed by atoms with Crippen molar-refractivity contribution in [1.82, 2.24) is 15.5 Å². The van der Waals surface area contributed by atoms with Gasteiger partial charge in [-0.2, -0.15) is 0 Å². The highest BCUT2D eigenvalue weighted by molar-refractivity contribution is 7.99. The summed E-state index contributed by atoms with van der Waals surface area (Å²) in [6.45, 7) is 5.45. The topological polar surface area (TPSA) is 76.5 Å². The van der Waals surface area contributed by atoms with Gasteiger partial charge in [0.25, 0.3) is 0 Å². The summed E-state index contributed by atoms with van der Waals surface area (Å²) in [6.07, 6.45) is 0.161. The lowest BCUT2D eigenvalue weighted by atomic mass is 10.1. The van der Waals surface area contributed by atoms with Crippen LogP contribution in [-0.4, -0.2) is 59.6 Å². The molecule has 0 aliphatic carbocycles. The number of hydrogen-bond donors (Lipinski definition) is 2. The van der Waals surface area contributed by atoms with Gasteiger partial charge in [-0.25, -0.2) is 0 Å². The van der Waals surface area contributed by atoms with E-state index in [1.807, 2.05) is 30.3 Å². The van der Waals surface area contributed by atoms with Gasteiger partial charge < -0.3 is 19.9 Å². The summed E-state index contributed by atoms with van der Waals surface area (Å²) in [5, 5.41) is 22.8. The SMILES string of the molecule is COCCc1ccccc1OCC(O)CNC(C)(C)CSc1ccc(Cl)nn1. The molecule has 1 aromatic heterocycles. The van der Waals surface area contributed by atoms with E-state index < -0.39 is 6.10 Å². The zero-order valence-electron chi connectivity index (χ0n) is 16.5. The molecular formula is C20H28ClN3O3S. The van der Waals surface area contributed by atoms with E-state index in [4.69, 9.17) is 21.1 Å². The summed E-state index contributed by atoms with van der Waals surface area (Å²) >= 11 is 7.34. The Morgan fingerprint density at radius 1 is 1.21 bits per heavy atom. The fraction of sp³-hybridized carbons (Fsp3) is 0.500. The molecule has 2 rings (SSSR count). The summed E-state index contributed by atoms with van der Waals surface area (Å²) < 4.78 is 11.0. The molecule has 1 aromatic carbocycles. The molecule has 28 heavy (non-hydrogen) atoms. The van der Waals surface area contributed by atoms with Crippen molar-refractivity contribution in [3.05, 3.63) is 47.1 Å². The number of hydrogen-bond acceptors (Lipinski definition) is 7. The maximum absolute atomic E-state index is 10.3. The minimum absolute atomic E-state index is 0.191. The van der Waals surface area contributed by atoms with Crippen molar-refractivity contribution in [3.63, 3.8) is 0 Å². The normalized spacial score (nSPS) is 12.8. The lowest BCUT2D eigenvalue weighted by molar-refractivity contribution is 0.0995. The van der Waals surface area contributed by atoms with E-state index in [0.29, 0.717) is 18.3 Å². The number of aliphatic hydroxyl groups is 1. The van der Waals surface area contributed by atoms with Crippen LogP contribution >= 0.6 is 23.4 Å². The van der Waals surface area contributed by atoms with Crippen LogP contribution in [0.25, 0.3) is 0 Å². The van der Waals surface area contributed by atoms with Gasteiger partial charge in [0.2, 0.25) is 0 Å². The Bertz CT molecular complexity index is 716. The molecule has 0 bridgehead atoms. The quantitative estimate of drug-likeness (QED) is 0.505. The van der Waals surface area contributed by atoms with E-state index in [-0.39, 0.29) is 12.1 Å². The van der Waals surface area contributed by atoms with Gasteiger partial charge in [-0.3, -0.25) is 0 Å². The number of halogens is 1. The number of rotatable bonds is 12. The average Bonchev–Trinajstić information content (AvgIpc) is 2.69. The van der Waals surface area contributed by atoms with Gasteiger partial charge in [-0.15, -0.1) is 22.0 Å². The molecule has 1 atom stereocenters. The average molecular weight is 426 g/mol. The van der Waals surface area contributed by atoms with Crippen LogP contribution in [0.1, 0.15) is 19.4 Å². The highest BCUT2D eigenvalue weighted by Crippen LogP contribution is 2.21. The fourth-order valence-electron chi connectivity index (χ4n) is 2.39. The molecule has 154 valence electrons. The smallest absolute Gasteiger partial charge is 0.151 e. The van der Waals surface area contributed by atoms with E-state index >= 15 is 0 Å². The maximum Gasteiger partial charge on any atom is 0.151 e. The first-order valence-corrected chi connectivity index (χ1v) is 10.5. The molecular weight excluding hydrogens is 398 g/mol. The van der Waals surface area contributed by atoms with Crippen LogP contribution in [0, 0.1) is 0 Å². The van der Waals surface area contributed by atoms with E-state index in [9.17, 15) is 5.11 Å². The Labute approximate surface area is 176 Å². The minimum Gasteiger partial charge on any atom is -0.491 e. The first-order valence-electron chi connectivity index (χ1n) is 9.14. The van der Waals surface area contributed by atoms with Crippen LogP contribution in [-0.2, 0) is 11.2 Å². The largest absolute Gasteiger partial charge is 0.491 e. The van der Waals surface area contributed by atoms with Gasteiger partial charge in [0, 0.05) is 24.9 Å². The molecule has 0 spiro atoms. The lowest BCUT2D eigenvalue weighted by Crippen LogP contribution is -2.46. The van der Waals surface area contributed by atoms with Crippen molar-refractivity contribution in [2.45, 2.75) is 36.9 Å². The molecule has 2 N–H and O–H groups in total. The van der Waals surface area contributed by atoms with Gasteiger partial charge in [0.15, 0.2) is 5.15 Å². The van der Waals surface area contributed by atoms with E-state index in [1.54, 1.807) is 24.9 Å². The first-order chi connectivity index (χ1) is 13.4. The van der Waals surface area contributed by atoms with Gasteiger partial charge >= 0.3 is 0 Å². The lowest BCUT2D eigenvalue weighted by Gasteiger charge is -2.27. The number of benzene rings is 1. The van der Waals surface area contributed by atoms with Crippen LogP contribution in [0.2, 0.25) is 5.15 Å². The number of methoxy groups -OCH3 is 1. The summed E-state index contributed by atoms with van der Waals surface area (Å²) in [4.78, 5) is 0. The number of thioether (sulfide) groups is 1. The Hall–Kier alpha value is -1.38. The van der Waals surface area contributed by atoms with Crippen molar-refractivity contribution < 1.29 is 14.6 Å². The molecule has 0 fully saturated rings. The number of para-hydroxylation sites is 1. The second-order valence-corrected chi connectivity index (χ2v) is 8.45. The second-order valence-electron chi connectivity index (χ2n) is 7.06. The summed E-state index contributed by atoms with van der Waals surface area (Å²) in [5.74, 6) is 1.56. The van der Waals surface area contributed by atoms with Gasteiger partial charge in [0.1, 0.15) is 23.5 Å². The molecule has 0 saturated carbocycles. The standard InChI is InChI=1S/C20H28ClN3O3S/c1-20(2,14-28-19-9-8-18(21)23-24-19)22-12-16(25)13-27-17-7-5-4-6-15(17)10-11-26-3/h4-9,16,22,25H,10-14H2,1-3H3. The summed E-state index contributed by atoms with van der Waals surface area (Å²) in [7, 11) is 1.68. The zero-order chi connectivity index (χ0) is 20.4. The summed E-state index contributed by atoms with van der Waals surface area (Å²) in [6, 6.07) is 11.4. The molecule has 0 saturated heterocycles. The van der Waals surface area contributed by atoms with Crippen LogP contribution in [0.5, 0.6) is 5.75 Å². The van der Waals surface area contributed by atoms with Crippen molar-refractivity contribution in [1.29, 1.82) is 0 Å². The van der Waals surface area contributed by atoms with Gasteiger partial charge in [-0.1, -0.05) is 29.8 Å². The minimum atomic E-state index is -0.616. The zero-order valence-corrected chi connectivity index (χ0v) is 18.1. The van der Waals surface area contributed by atoms with Crippen LogP contribution in [0.4, 0.5) is 0 Å². The molecule has 1 heterocycles. The summed E-state index contributed by atoms with van der Waals surface area (Å²) in [5.41, 5.74) is 0.883. The Kier molecular flexibility index (Phi) is 9.47. The van der Waals surface area contributed by atoms with Crippen molar-refractivity contribution >= 4 is 23.4 Å². The van der Waals surface area contributed by atoms with Crippen molar-refractivity contribution in [2.75, 3.05) is 32.6 Å². The van der Waals surface area contributed by atoms with Gasteiger partial charge in [0.05, 0.1) is 6.61 Å². The number of β-amino-alcohol motifs (C(OH)–C–C–N with tert-alkyl or cyclic N) is 1. The molecule has 8 heteroatoms. The molecule has 0 radical (unpaired) electrons. The fourth-order valence-corrected chi connectivity index (χ4v) is 3.36. The van der Waals surface area contributed by atoms with Crippen LogP contribution in [0.3, 0.4) is 0 Å². The molecule has 2 aromatic rings. The first kappa shape index (κ1) is 22.9. The molecule has 0 amide bonds. The number of aliphatic hydroxyl groups excluding tert-OH is 1. The van der Waals surface area contributed by atoms with E-state index in [0.717, 1.165) is 28.5 Å². The van der Waals surface area contributed by atoms with Crippen LogP contribution in [0.15, 0.2) is 41.4 Å². The molecule has 0 aliphatic heterocycles. The third-order valence-electron chi connectivity index (χ3n) is 3.98. The third-order valence-corrected chi connectivity index (χ3v) is 5.57. The number of nitrogens with one attached hydrogen (secondary N) is 1. The Balaban J connectivity index is 1.75. The number of ether oxygens (including phenoxy) is 2. The highest BCUT2D eigenvalue weighted by Gasteiger charge is 2.20. The third kappa shape index (κ3) is 8.32. The molecule has 6 nitrogen and oxygen atoms in total. The predicted molar refractivity (Wildman–Crippen MR) is 113 cm³/mol. The molecule has 0 aliphatic rings. The highest BCUT2D eigenvalue weighted by atomic mass is 35.5. The van der Waals surface area contributed by atoms with Crippen molar-refractivity contribution in [3.8, 4) is 5.75 Å². The Morgan fingerprint density at radius 2 is 2.00 bits per heavy atom. The van der Waals surface area contributed by atoms with Crippen molar-refractivity contribution in [2.24, 2.45) is 0 Å². The maximum atomic E-state index is 10.3.